The summed E-state index contributed by atoms with van der Waals surface area (Å²) in [4.78, 5) is 2.19. The third-order valence-corrected chi connectivity index (χ3v) is 3.91. The first-order chi connectivity index (χ1) is 9.27. The Morgan fingerprint density at radius 1 is 1.15 bits per heavy atom. The van der Waals surface area contributed by atoms with Gasteiger partial charge in [-0.1, -0.05) is 0 Å². The van der Waals surface area contributed by atoms with Crippen molar-refractivity contribution in [2.75, 3.05) is 5.32 Å². The molecule has 6 heteroatoms. The topological polar surface area (TPSA) is 12.0 Å². The van der Waals surface area contributed by atoms with Gasteiger partial charge in [0.05, 0.1) is 11.3 Å². The van der Waals surface area contributed by atoms with Gasteiger partial charge in [0.25, 0.3) is 0 Å². The van der Waals surface area contributed by atoms with Crippen LogP contribution in [0.5, 0.6) is 0 Å². The molecule has 0 atom stereocenters. The van der Waals surface area contributed by atoms with Crippen molar-refractivity contribution in [1.82, 2.24) is 0 Å². The van der Waals surface area contributed by atoms with Gasteiger partial charge in [0.1, 0.15) is 5.82 Å². The molecule has 1 aromatic heterocycles. The second kappa shape index (κ2) is 5.44. The summed E-state index contributed by atoms with van der Waals surface area (Å²) in [6, 6.07) is 4.31. The van der Waals surface area contributed by atoms with Crippen molar-refractivity contribution in [3.8, 4) is 0 Å². The van der Waals surface area contributed by atoms with E-state index in [1.165, 1.54) is 0 Å². The molecule has 0 radical (unpaired) electrons. The second-order valence-electron chi connectivity index (χ2n) is 4.48. The normalized spacial score (nSPS) is 11.7. The summed E-state index contributed by atoms with van der Waals surface area (Å²) in [6.07, 6.45) is -4.47. The SMILES string of the molecule is Cc1cc(CNc2cc(C(F)(F)F)ccc2F)c(C)s1. The van der Waals surface area contributed by atoms with Crippen molar-refractivity contribution < 1.29 is 17.6 Å². The van der Waals surface area contributed by atoms with Gasteiger partial charge in [-0.25, -0.2) is 4.39 Å². The Balaban J connectivity index is 2.19. The van der Waals surface area contributed by atoms with Crippen LogP contribution in [-0.4, -0.2) is 0 Å². The number of thiophene rings is 1. The van der Waals surface area contributed by atoms with E-state index < -0.39 is 17.6 Å². The van der Waals surface area contributed by atoms with E-state index in [1.54, 1.807) is 11.3 Å². The minimum atomic E-state index is -4.47. The summed E-state index contributed by atoms with van der Waals surface area (Å²) in [5.41, 5.74) is -0.0352. The molecule has 0 unspecified atom stereocenters. The van der Waals surface area contributed by atoms with Gasteiger partial charge >= 0.3 is 6.18 Å². The molecule has 0 bridgehead atoms. The van der Waals surface area contributed by atoms with E-state index in [4.69, 9.17) is 0 Å². The highest BCUT2D eigenvalue weighted by Gasteiger charge is 2.31. The molecule has 0 saturated carbocycles. The smallest absolute Gasteiger partial charge is 0.379 e. The molecule has 1 N–H and O–H groups in total. The Bertz CT molecular complexity index is 616. The number of alkyl halides is 3. The summed E-state index contributed by atoms with van der Waals surface area (Å²) >= 11 is 1.60. The molecule has 1 heterocycles. The Morgan fingerprint density at radius 2 is 1.85 bits per heavy atom. The first kappa shape index (κ1) is 14.8. The number of hydrogen-bond donors (Lipinski definition) is 1. The lowest BCUT2D eigenvalue weighted by molar-refractivity contribution is -0.137. The van der Waals surface area contributed by atoms with E-state index in [1.807, 2.05) is 19.9 Å². The zero-order valence-corrected chi connectivity index (χ0v) is 11.8. The van der Waals surface area contributed by atoms with Crippen LogP contribution in [0.25, 0.3) is 0 Å². The molecule has 0 aliphatic rings. The molecular formula is C14H13F4NS. The number of nitrogens with one attached hydrogen (secondary N) is 1. The average Bonchev–Trinajstić information content (AvgIpc) is 2.65. The third-order valence-electron chi connectivity index (χ3n) is 2.91. The molecule has 0 spiro atoms. The van der Waals surface area contributed by atoms with Gasteiger partial charge in [0.2, 0.25) is 0 Å². The Kier molecular flexibility index (Phi) is 4.04. The first-order valence-corrected chi connectivity index (χ1v) is 6.75. The number of benzene rings is 1. The fraction of sp³-hybridized carbons (Fsp3) is 0.286. The van der Waals surface area contributed by atoms with Gasteiger partial charge in [0, 0.05) is 16.3 Å². The van der Waals surface area contributed by atoms with Gasteiger partial charge < -0.3 is 5.32 Å². The molecule has 0 aliphatic heterocycles. The lowest BCUT2D eigenvalue weighted by atomic mass is 10.1. The first-order valence-electron chi connectivity index (χ1n) is 5.94. The van der Waals surface area contributed by atoms with Crippen molar-refractivity contribution >= 4 is 17.0 Å². The maximum atomic E-state index is 13.5. The monoisotopic (exact) mass is 303 g/mol. The van der Waals surface area contributed by atoms with E-state index in [0.29, 0.717) is 6.54 Å². The molecule has 0 fully saturated rings. The Hall–Kier alpha value is -1.56. The Labute approximate surface area is 118 Å². The largest absolute Gasteiger partial charge is 0.416 e. The van der Waals surface area contributed by atoms with E-state index in [9.17, 15) is 17.6 Å². The van der Waals surface area contributed by atoms with Crippen molar-refractivity contribution in [3.63, 3.8) is 0 Å². The van der Waals surface area contributed by atoms with Crippen molar-refractivity contribution in [2.24, 2.45) is 0 Å². The van der Waals surface area contributed by atoms with Crippen molar-refractivity contribution in [2.45, 2.75) is 26.6 Å². The lowest BCUT2D eigenvalue weighted by Crippen LogP contribution is -2.08. The van der Waals surface area contributed by atoms with Crippen LogP contribution in [0, 0.1) is 19.7 Å². The molecule has 1 aromatic carbocycles. The minimum Gasteiger partial charge on any atom is -0.379 e. The predicted molar refractivity (Wildman–Crippen MR) is 72.5 cm³/mol. The quantitative estimate of drug-likeness (QED) is 0.775. The van der Waals surface area contributed by atoms with Crippen LogP contribution in [0.1, 0.15) is 20.9 Å². The van der Waals surface area contributed by atoms with E-state index >= 15 is 0 Å². The van der Waals surface area contributed by atoms with Crippen LogP contribution in [0.4, 0.5) is 23.2 Å². The molecule has 20 heavy (non-hydrogen) atoms. The van der Waals surface area contributed by atoms with E-state index in [-0.39, 0.29) is 5.69 Å². The van der Waals surface area contributed by atoms with Crippen LogP contribution in [-0.2, 0) is 12.7 Å². The number of aryl methyl sites for hydroxylation is 2. The van der Waals surface area contributed by atoms with Crippen LogP contribution >= 0.6 is 11.3 Å². The van der Waals surface area contributed by atoms with Gasteiger partial charge in [0.15, 0.2) is 0 Å². The highest BCUT2D eigenvalue weighted by molar-refractivity contribution is 7.12. The van der Waals surface area contributed by atoms with Crippen molar-refractivity contribution in [1.29, 1.82) is 0 Å². The summed E-state index contributed by atoms with van der Waals surface area (Å²) in [6.45, 7) is 4.18. The Morgan fingerprint density at radius 3 is 2.40 bits per heavy atom. The van der Waals surface area contributed by atoms with Gasteiger partial charge in [-0.05, 0) is 43.7 Å². The molecular weight excluding hydrogens is 290 g/mol. The minimum absolute atomic E-state index is 0.136. The second-order valence-corrected chi connectivity index (χ2v) is 5.94. The molecule has 0 saturated heterocycles. The molecule has 1 nitrogen and oxygen atoms in total. The van der Waals surface area contributed by atoms with Gasteiger partial charge in [-0.15, -0.1) is 11.3 Å². The van der Waals surface area contributed by atoms with Gasteiger partial charge in [-0.3, -0.25) is 0 Å². The lowest BCUT2D eigenvalue weighted by Gasteiger charge is -2.11. The highest BCUT2D eigenvalue weighted by atomic mass is 32.1. The molecule has 108 valence electrons. The third kappa shape index (κ3) is 3.30. The number of anilines is 1. The number of halogens is 4. The maximum Gasteiger partial charge on any atom is 0.416 e. The zero-order valence-electron chi connectivity index (χ0n) is 10.9. The maximum absolute atomic E-state index is 13.5. The van der Waals surface area contributed by atoms with E-state index in [0.717, 1.165) is 33.5 Å². The van der Waals surface area contributed by atoms with Crippen LogP contribution in [0.3, 0.4) is 0 Å². The predicted octanol–water partition coefficient (Wildman–Crippen LogP) is 5.13. The summed E-state index contributed by atoms with van der Waals surface area (Å²) in [5.74, 6) is -0.692. The summed E-state index contributed by atoms with van der Waals surface area (Å²) in [5, 5.41) is 2.73. The average molecular weight is 303 g/mol. The van der Waals surface area contributed by atoms with Crippen LogP contribution < -0.4 is 5.32 Å². The fourth-order valence-electron chi connectivity index (χ4n) is 1.89. The van der Waals surface area contributed by atoms with Crippen molar-refractivity contribution in [3.05, 3.63) is 51.0 Å². The highest BCUT2D eigenvalue weighted by Crippen LogP contribution is 2.32. The molecule has 2 aromatic rings. The van der Waals surface area contributed by atoms with Crippen LogP contribution in [0.15, 0.2) is 24.3 Å². The zero-order chi connectivity index (χ0) is 14.9. The number of hydrogen-bond acceptors (Lipinski definition) is 2. The summed E-state index contributed by atoms with van der Waals surface area (Å²) < 4.78 is 51.3. The standard InChI is InChI=1S/C14H13F4NS/c1-8-5-10(9(2)20-8)7-19-13-6-11(14(16,17)18)3-4-12(13)15/h3-6,19H,7H2,1-2H3. The van der Waals surface area contributed by atoms with Gasteiger partial charge in [-0.2, -0.15) is 13.2 Å². The number of rotatable bonds is 3. The molecule has 2 rings (SSSR count). The van der Waals surface area contributed by atoms with E-state index in [2.05, 4.69) is 5.32 Å². The fourth-order valence-corrected chi connectivity index (χ4v) is 2.83. The molecule has 0 amide bonds. The summed E-state index contributed by atoms with van der Waals surface area (Å²) in [7, 11) is 0. The van der Waals surface area contributed by atoms with Crippen LogP contribution in [0.2, 0.25) is 0 Å². The molecule has 0 aliphatic carbocycles.